The van der Waals surface area contributed by atoms with Crippen molar-refractivity contribution in [1.82, 2.24) is 10.2 Å². The standard InChI is InChI=1S/C21H32N2O5/c1-8-26-16-11-9-10-15(12-16)21(22-17(24)27-19(2,3)4)13-23(14-21)18(25)28-20(5,6)7/h9-12H,8,13-14H2,1-7H3,(H,22,24). The summed E-state index contributed by atoms with van der Waals surface area (Å²) >= 11 is 0. The van der Waals surface area contributed by atoms with Gasteiger partial charge in [0.2, 0.25) is 0 Å². The molecule has 0 unspecified atom stereocenters. The molecule has 0 bridgehead atoms. The fourth-order valence-electron chi connectivity index (χ4n) is 2.94. The number of amides is 2. The molecule has 7 nitrogen and oxygen atoms in total. The smallest absolute Gasteiger partial charge is 0.410 e. The van der Waals surface area contributed by atoms with E-state index in [0.717, 1.165) is 5.56 Å². The van der Waals surface area contributed by atoms with Crippen LogP contribution in [0.25, 0.3) is 0 Å². The van der Waals surface area contributed by atoms with Gasteiger partial charge in [0.25, 0.3) is 0 Å². The number of likely N-dealkylation sites (tertiary alicyclic amines) is 1. The van der Waals surface area contributed by atoms with Crippen LogP contribution in [0, 0.1) is 0 Å². The molecule has 0 radical (unpaired) electrons. The number of carbonyl (C=O) groups excluding carboxylic acids is 2. The van der Waals surface area contributed by atoms with Gasteiger partial charge in [-0.3, -0.25) is 0 Å². The Labute approximate surface area is 167 Å². The van der Waals surface area contributed by atoms with Crippen LogP contribution >= 0.6 is 0 Å². The topological polar surface area (TPSA) is 77.1 Å². The molecular formula is C21H32N2O5. The highest BCUT2D eigenvalue weighted by Crippen LogP contribution is 2.35. The number of nitrogens with one attached hydrogen (secondary N) is 1. The van der Waals surface area contributed by atoms with Crippen LogP contribution in [0.5, 0.6) is 5.75 Å². The Balaban J connectivity index is 2.22. The van der Waals surface area contributed by atoms with Crippen LogP contribution < -0.4 is 10.1 Å². The first-order valence-corrected chi connectivity index (χ1v) is 9.56. The van der Waals surface area contributed by atoms with E-state index in [0.29, 0.717) is 12.4 Å². The molecule has 1 N–H and O–H groups in total. The van der Waals surface area contributed by atoms with E-state index in [2.05, 4.69) is 5.32 Å². The molecule has 1 aliphatic heterocycles. The van der Waals surface area contributed by atoms with Crippen molar-refractivity contribution in [3.63, 3.8) is 0 Å². The third kappa shape index (κ3) is 5.78. The molecule has 0 aromatic heterocycles. The van der Waals surface area contributed by atoms with E-state index in [1.54, 1.807) is 4.90 Å². The maximum atomic E-state index is 12.5. The van der Waals surface area contributed by atoms with Crippen LogP contribution in [0.15, 0.2) is 24.3 Å². The maximum absolute atomic E-state index is 12.5. The van der Waals surface area contributed by atoms with E-state index in [4.69, 9.17) is 14.2 Å². The van der Waals surface area contributed by atoms with Gasteiger partial charge in [0.1, 0.15) is 22.5 Å². The van der Waals surface area contributed by atoms with Crippen molar-refractivity contribution in [3.05, 3.63) is 29.8 Å². The number of alkyl carbamates (subject to hydrolysis) is 1. The van der Waals surface area contributed by atoms with Crippen LogP contribution in [0.4, 0.5) is 9.59 Å². The number of hydrogen-bond donors (Lipinski definition) is 1. The van der Waals surface area contributed by atoms with Crippen molar-refractivity contribution in [2.75, 3.05) is 19.7 Å². The Morgan fingerprint density at radius 1 is 1.07 bits per heavy atom. The first kappa shape index (κ1) is 21.9. The predicted octanol–water partition coefficient (Wildman–Crippen LogP) is 4.06. The summed E-state index contributed by atoms with van der Waals surface area (Å²) < 4.78 is 16.5. The molecule has 28 heavy (non-hydrogen) atoms. The minimum Gasteiger partial charge on any atom is -0.494 e. The molecular weight excluding hydrogens is 360 g/mol. The molecule has 1 aliphatic rings. The monoisotopic (exact) mass is 392 g/mol. The SMILES string of the molecule is CCOc1cccc(C2(NC(=O)OC(C)(C)C)CN(C(=O)OC(C)(C)C)C2)c1. The van der Waals surface area contributed by atoms with Crippen LogP contribution in [0.2, 0.25) is 0 Å². The molecule has 0 atom stereocenters. The first-order valence-electron chi connectivity index (χ1n) is 9.56. The first-order chi connectivity index (χ1) is 12.8. The van der Waals surface area contributed by atoms with Gasteiger partial charge in [-0.15, -0.1) is 0 Å². The van der Waals surface area contributed by atoms with Gasteiger partial charge in [-0.1, -0.05) is 12.1 Å². The molecule has 1 aromatic rings. The highest BCUT2D eigenvalue weighted by molar-refractivity contribution is 5.73. The summed E-state index contributed by atoms with van der Waals surface area (Å²) in [7, 11) is 0. The van der Waals surface area contributed by atoms with Crippen LogP contribution in [0.3, 0.4) is 0 Å². The van der Waals surface area contributed by atoms with Crippen molar-refractivity contribution in [3.8, 4) is 5.75 Å². The molecule has 1 aromatic carbocycles. The van der Waals surface area contributed by atoms with E-state index < -0.39 is 28.9 Å². The zero-order valence-electron chi connectivity index (χ0n) is 17.9. The maximum Gasteiger partial charge on any atom is 0.410 e. The highest BCUT2D eigenvalue weighted by Gasteiger charge is 2.49. The van der Waals surface area contributed by atoms with Crippen LogP contribution in [0.1, 0.15) is 54.0 Å². The molecule has 0 spiro atoms. The van der Waals surface area contributed by atoms with Crippen molar-refractivity contribution in [1.29, 1.82) is 0 Å². The molecule has 1 heterocycles. The second kappa shape index (κ2) is 7.89. The largest absolute Gasteiger partial charge is 0.494 e. The molecule has 2 amide bonds. The molecule has 1 fully saturated rings. The fraction of sp³-hybridized carbons (Fsp3) is 0.619. The van der Waals surface area contributed by atoms with Crippen LogP contribution in [-0.4, -0.2) is 48.0 Å². The van der Waals surface area contributed by atoms with Crippen molar-refractivity contribution >= 4 is 12.2 Å². The summed E-state index contributed by atoms with van der Waals surface area (Å²) in [6, 6.07) is 7.52. The average Bonchev–Trinajstić information content (AvgIpc) is 2.47. The average molecular weight is 392 g/mol. The van der Waals surface area contributed by atoms with E-state index in [9.17, 15) is 9.59 Å². The lowest BCUT2D eigenvalue weighted by atomic mass is 9.82. The summed E-state index contributed by atoms with van der Waals surface area (Å²) in [5.74, 6) is 0.709. The Bertz CT molecular complexity index is 712. The van der Waals surface area contributed by atoms with Crippen molar-refractivity contribution < 1.29 is 23.8 Å². The summed E-state index contributed by atoms with van der Waals surface area (Å²) in [6.07, 6.45) is -0.937. The summed E-state index contributed by atoms with van der Waals surface area (Å²) in [5, 5.41) is 2.95. The molecule has 0 saturated carbocycles. The number of hydrogen-bond acceptors (Lipinski definition) is 5. The van der Waals surface area contributed by atoms with Crippen molar-refractivity contribution in [2.45, 2.75) is 65.2 Å². The Hall–Kier alpha value is -2.44. The van der Waals surface area contributed by atoms with Gasteiger partial charge in [-0.2, -0.15) is 0 Å². The second-order valence-corrected chi connectivity index (χ2v) is 9.01. The van der Waals surface area contributed by atoms with E-state index in [-0.39, 0.29) is 13.1 Å². The highest BCUT2D eigenvalue weighted by atomic mass is 16.6. The molecule has 1 saturated heterocycles. The van der Waals surface area contributed by atoms with Gasteiger partial charge < -0.3 is 24.4 Å². The van der Waals surface area contributed by atoms with Gasteiger partial charge in [0.15, 0.2) is 0 Å². The molecule has 156 valence electrons. The van der Waals surface area contributed by atoms with Gasteiger partial charge in [0, 0.05) is 0 Å². The quantitative estimate of drug-likeness (QED) is 0.836. The third-order valence-electron chi connectivity index (χ3n) is 4.01. The summed E-state index contributed by atoms with van der Waals surface area (Å²) in [5.41, 5.74) is -1.11. The summed E-state index contributed by atoms with van der Waals surface area (Å²) in [6.45, 7) is 13.9. The van der Waals surface area contributed by atoms with Gasteiger partial charge in [-0.25, -0.2) is 9.59 Å². The minimum absolute atomic E-state index is 0.288. The molecule has 2 rings (SSSR count). The third-order valence-corrected chi connectivity index (χ3v) is 4.01. The Morgan fingerprint density at radius 3 is 2.21 bits per heavy atom. The van der Waals surface area contributed by atoms with Crippen LogP contribution in [-0.2, 0) is 15.0 Å². The lowest BCUT2D eigenvalue weighted by Crippen LogP contribution is -2.69. The molecule has 0 aliphatic carbocycles. The van der Waals surface area contributed by atoms with Gasteiger partial charge in [0.05, 0.1) is 19.7 Å². The van der Waals surface area contributed by atoms with E-state index in [1.807, 2.05) is 72.7 Å². The van der Waals surface area contributed by atoms with Gasteiger partial charge in [-0.05, 0) is 66.2 Å². The van der Waals surface area contributed by atoms with E-state index >= 15 is 0 Å². The number of carbonyl (C=O) groups is 2. The van der Waals surface area contributed by atoms with Crippen molar-refractivity contribution in [2.24, 2.45) is 0 Å². The Kier molecular flexibility index (Phi) is 6.16. The fourth-order valence-corrected chi connectivity index (χ4v) is 2.94. The normalized spacial score (nSPS) is 16.0. The number of nitrogens with zero attached hydrogens (tertiary/aromatic N) is 1. The van der Waals surface area contributed by atoms with E-state index in [1.165, 1.54) is 0 Å². The van der Waals surface area contributed by atoms with Gasteiger partial charge >= 0.3 is 12.2 Å². The predicted molar refractivity (Wildman–Crippen MR) is 106 cm³/mol. The second-order valence-electron chi connectivity index (χ2n) is 9.01. The zero-order valence-corrected chi connectivity index (χ0v) is 17.9. The molecule has 7 heteroatoms. The zero-order chi connectivity index (χ0) is 21.2. The number of benzene rings is 1. The lowest BCUT2D eigenvalue weighted by Gasteiger charge is -2.50. The number of rotatable bonds is 4. The number of ether oxygens (including phenoxy) is 3. The lowest BCUT2D eigenvalue weighted by molar-refractivity contribution is -0.0230. The summed E-state index contributed by atoms with van der Waals surface area (Å²) in [4.78, 5) is 26.4. The Morgan fingerprint density at radius 2 is 1.68 bits per heavy atom. The minimum atomic E-state index is -0.758.